The van der Waals surface area contributed by atoms with Crippen molar-refractivity contribution in [2.45, 2.75) is 38.6 Å². The Labute approximate surface area is 198 Å². The summed E-state index contributed by atoms with van der Waals surface area (Å²) in [7, 11) is 1.92. The molecule has 34 heavy (non-hydrogen) atoms. The Balaban J connectivity index is 1.20. The number of pyridine rings is 1. The van der Waals surface area contributed by atoms with E-state index < -0.39 is 0 Å². The second kappa shape index (κ2) is 7.86. The number of benzene rings is 1. The Kier molecular flexibility index (Phi) is 4.79. The highest BCUT2D eigenvalue weighted by Gasteiger charge is 2.32. The maximum Gasteiger partial charge on any atom is 0.330 e. The minimum Gasteiger partial charge on any atom is -0.306 e. The highest BCUT2D eigenvalue weighted by Crippen LogP contribution is 2.39. The molecule has 4 aromatic rings. The number of hydrogen-bond donors (Lipinski definition) is 0. The average molecular weight is 457 g/mol. The van der Waals surface area contributed by atoms with E-state index in [1.54, 1.807) is 9.80 Å². The first-order valence-electron chi connectivity index (χ1n) is 11.8. The van der Waals surface area contributed by atoms with Gasteiger partial charge in [0.25, 0.3) is 0 Å². The van der Waals surface area contributed by atoms with Crippen molar-refractivity contribution in [1.29, 1.82) is 0 Å². The predicted octanol–water partition coefficient (Wildman–Crippen LogP) is 4.37. The topological polar surface area (TPSA) is 77.0 Å². The minimum absolute atomic E-state index is 0.0653. The van der Waals surface area contributed by atoms with Gasteiger partial charge in [-0.15, -0.1) is 5.10 Å². The second-order valence-electron chi connectivity index (χ2n) is 9.31. The molecule has 2 fully saturated rings. The van der Waals surface area contributed by atoms with E-state index in [0.29, 0.717) is 24.8 Å². The number of amides is 2. The van der Waals surface area contributed by atoms with Crippen molar-refractivity contribution in [3.63, 3.8) is 0 Å². The molecule has 1 aliphatic carbocycles. The summed E-state index contributed by atoms with van der Waals surface area (Å²) in [6.07, 6.45) is 6.46. The first-order chi connectivity index (χ1) is 16.5. The lowest BCUT2D eigenvalue weighted by Crippen LogP contribution is -2.32. The molecule has 9 nitrogen and oxygen atoms in total. The van der Waals surface area contributed by atoms with Crippen LogP contribution in [0, 0.1) is 0 Å². The van der Waals surface area contributed by atoms with Crippen molar-refractivity contribution in [2.75, 3.05) is 22.9 Å². The lowest BCUT2D eigenvalue weighted by atomic mass is 10.2. The van der Waals surface area contributed by atoms with Crippen LogP contribution in [-0.4, -0.2) is 48.2 Å². The maximum absolute atomic E-state index is 13.3. The summed E-state index contributed by atoms with van der Waals surface area (Å²) < 4.78 is 4.13. The average Bonchev–Trinajstić information content (AvgIpc) is 3.43. The number of aryl methyl sites for hydroxylation is 1. The van der Waals surface area contributed by atoms with E-state index in [2.05, 4.69) is 34.8 Å². The van der Waals surface area contributed by atoms with Crippen LogP contribution in [0.5, 0.6) is 0 Å². The van der Waals surface area contributed by atoms with Crippen molar-refractivity contribution in [3.8, 4) is 17.2 Å². The molecular formula is C25H28N8O. The van der Waals surface area contributed by atoms with E-state index in [1.807, 2.05) is 65.2 Å². The number of carbonyl (C=O) groups is 1. The fourth-order valence-corrected chi connectivity index (χ4v) is 4.64. The molecule has 0 radical (unpaired) electrons. The number of anilines is 2. The fourth-order valence-electron chi connectivity index (χ4n) is 4.64. The molecule has 4 heterocycles. The number of nitrogens with zero attached hydrogens (tertiary/aromatic N) is 8. The van der Waals surface area contributed by atoms with Crippen LogP contribution < -0.4 is 9.80 Å². The molecule has 1 saturated carbocycles. The van der Waals surface area contributed by atoms with E-state index in [0.717, 1.165) is 22.9 Å². The third-order valence-corrected chi connectivity index (χ3v) is 6.56. The Morgan fingerprint density at radius 2 is 1.71 bits per heavy atom. The van der Waals surface area contributed by atoms with E-state index in [1.165, 1.54) is 18.5 Å². The van der Waals surface area contributed by atoms with Crippen molar-refractivity contribution < 1.29 is 4.79 Å². The van der Waals surface area contributed by atoms with Crippen LogP contribution in [0.2, 0.25) is 0 Å². The zero-order valence-electron chi connectivity index (χ0n) is 19.7. The van der Waals surface area contributed by atoms with Crippen LogP contribution >= 0.6 is 0 Å². The molecule has 1 aliphatic heterocycles. The Hall–Kier alpha value is -3.88. The van der Waals surface area contributed by atoms with E-state index in [9.17, 15) is 4.79 Å². The summed E-state index contributed by atoms with van der Waals surface area (Å²) in [5.41, 5.74) is 3.86. The molecule has 9 heteroatoms. The van der Waals surface area contributed by atoms with Gasteiger partial charge in [0.1, 0.15) is 11.5 Å². The van der Waals surface area contributed by atoms with Gasteiger partial charge in [0.2, 0.25) is 0 Å². The van der Waals surface area contributed by atoms with E-state index in [4.69, 9.17) is 4.98 Å². The summed E-state index contributed by atoms with van der Waals surface area (Å²) in [6.45, 7) is 5.43. The van der Waals surface area contributed by atoms with Gasteiger partial charge in [-0.3, -0.25) is 9.80 Å². The smallest absolute Gasteiger partial charge is 0.306 e. The Bertz CT molecular complexity index is 1340. The summed E-state index contributed by atoms with van der Waals surface area (Å²) in [5, 5.41) is 4.48. The Morgan fingerprint density at radius 1 is 0.971 bits per heavy atom. The number of urea groups is 1. The van der Waals surface area contributed by atoms with Crippen molar-refractivity contribution in [1.82, 2.24) is 29.1 Å². The monoisotopic (exact) mass is 456 g/mol. The normalized spacial score (nSPS) is 16.3. The van der Waals surface area contributed by atoms with Gasteiger partial charge < -0.3 is 4.57 Å². The number of imidazole rings is 1. The summed E-state index contributed by atoms with van der Waals surface area (Å²) in [4.78, 5) is 27.9. The van der Waals surface area contributed by atoms with Crippen LogP contribution in [0.25, 0.3) is 17.2 Å². The largest absolute Gasteiger partial charge is 0.330 e. The predicted molar refractivity (Wildman–Crippen MR) is 130 cm³/mol. The second-order valence-corrected chi connectivity index (χ2v) is 9.31. The standard InChI is InChI=1S/C25H28N8O/c1-17(2)33-24(28-29(33)3)21-5-4-6-23(27-21)32-14-13-31(25(32)34)20-11-9-19(10-12-20)30-15-22(26-16-30)18-7-8-18/h4-6,9-12,15-18H,7-8,13-14H2,1-3H3. The zero-order valence-corrected chi connectivity index (χ0v) is 19.7. The SMILES string of the molecule is CC(C)n1c(-c2cccc(N3CCN(c4ccc(-n5cnc(C6CC6)c5)cc4)C3=O)n2)nn1C. The molecule has 0 N–H and O–H groups in total. The molecule has 0 bridgehead atoms. The molecule has 6 rings (SSSR count). The molecular weight excluding hydrogens is 428 g/mol. The first-order valence-corrected chi connectivity index (χ1v) is 11.8. The highest BCUT2D eigenvalue weighted by molar-refractivity contribution is 6.05. The van der Waals surface area contributed by atoms with E-state index in [-0.39, 0.29) is 12.1 Å². The number of hydrogen-bond acceptors (Lipinski definition) is 4. The fraction of sp³-hybridized carbons (Fsp3) is 0.360. The molecule has 3 aromatic heterocycles. The number of rotatable bonds is 6. The minimum atomic E-state index is -0.0653. The summed E-state index contributed by atoms with van der Waals surface area (Å²) in [5.74, 6) is 2.10. The maximum atomic E-state index is 13.3. The van der Waals surface area contributed by atoms with Gasteiger partial charge in [0.05, 0.1) is 12.0 Å². The van der Waals surface area contributed by atoms with Gasteiger partial charge in [-0.1, -0.05) is 6.07 Å². The number of carbonyl (C=O) groups excluding carboxylic acids is 1. The van der Waals surface area contributed by atoms with Crippen LogP contribution in [0.3, 0.4) is 0 Å². The summed E-state index contributed by atoms with van der Waals surface area (Å²) in [6, 6.07) is 14.0. The van der Waals surface area contributed by atoms with Crippen LogP contribution in [0.15, 0.2) is 55.0 Å². The molecule has 0 unspecified atom stereocenters. The molecule has 1 aromatic carbocycles. The molecule has 174 valence electrons. The third-order valence-electron chi connectivity index (χ3n) is 6.56. The van der Waals surface area contributed by atoms with Crippen molar-refractivity contribution in [3.05, 3.63) is 60.7 Å². The molecule has 2 aliphatic rings. The van der Waals surface area contributed by atoms with Gasteiger partial charge in [-0.2, -0.15) is 0 Å². The quantitative estimate of drug-likeness (QED) is 0.432. The van der Waals surface area contributed by atoms with Crippen LogP contribution in [0.4, 0.5) is 16.3 Å². The molecule has 2 amide bonds. The van der Waals surface area contributed by atoms with Crippen molar-refractivity contribution >= 4 is 17.5 Å². The third kappa shape index (κ3) is 3.48. The van der Waals surface area contributed by atoms with Crippen molar-refractivity contribution in [2.24, 2.45) is 7.05 Å². The number of aromatic nitrogens is 6. The van der Waals surface area contributed by atoms with Gasteiger partial charge in [-0.05, 0) is 63.1 Å². The highest BCUT2D eigenvalue weighted by atomic mass is 16.2. The van der Waals surface area contributed by atoms with Crippen LogP contribution in [-0.2, 0) is 7.05 Å². The lowest BCUT2D eigenvalue weighted by molar-refractivity contribution is 0.255. The zero-order chi connectivity index (χ0) is 23.4. The lowest BCUT2D eigenvalue weighted by Gasteiger charge is -2.25. The van der Waals surface area contributed by atoms with Gasteiger partial charge in [-0.25, -0.2) is 24.2 Å². The van der Waals surface area contributed by atoms with Gasteiger partial charge in [0.15, 0.2) is 5.82 Å². The summed E-state index contributed by atoms with van der Waals surface area (Å²) >= 11 is 0. The van der Waals surface area contributed by atoms with Crippen LogP contribution in [0.1, 0.15) is 44.3 Å². The Morgan fingerprint density at radius 3 is 2.41 bits per heavy atom. The first kappa shape index (κ1) is 20.7. The molecule has 0 spiro atoms. The van der Waals surface area contributed by atoms with Gasteiger partial charge in [0, 0.05) is 49.7 Å². The molecule has 0 atom stereocenters. The van der Waals surface area contributed by atoms with E-state index >= 15 is 0 Å². The molecule has 1 saturated heterocycles. The van der Waals surface area contributed by atoms with Gasteiger partial charge >= 0.3 is 6.03 Å².